The average molecular weight is 294 g/mol. The van der Waals surface area contributed by atoms with Gasteiger partial charge >= 0.3 is 0 Å². The lowest BCUT2D eigenvalue weighted by Crippen LogP contribution is -1.85. The second-order valence-electron chi connectivity index (χ2n) is 4.77. The fourth-order valence-corrected chi connectivity index (χ4v) is 2.20. The summed E-state index contributed by atoms with van der Waals surface area (Å²) in [5.74, 6) is 2.02. The lowest BCUT2D eigenvalue weighted by Gasteiger charge is -1.88. The van der Waals surface area contributed by atoms with Crippen LogP contribution in [-0.2, 0) is 0 Å². The SMILES string of the molecule is CNc1cc2ccncc2[nH]1.CNc1cc2ncccc2[nH]1. The zero-order valence-electron chi connectivity index (χ0n) is 12.5. The van der Waals surface area contributed by atoms with Crippen molar-refractivity contribution in [2.24, 2.45) is 0 Å². The smallest absolute Gasteiger partial charge is 0.105 e. The maximum Gasteiger partial charge on any atom is 0.105 e. The molecule has 0 bridgehead atoms. The highest BCUT2D eigenvalue weighted by Gasteiger charge is 1.97. The molecular formula is C16H18N6. The summed E-state index contributed by atoms with van der Waals surface area (Å²) in [4.78, 5) is 14.5. The summed E-state index contributed by atoms with van der Waals surface area (Å²) in [7, 11) is 3.77. The number of pyridine rings is 2. The van der Waals surface area contributed by atoms with Gasteiger partial charge in [-0.2, -0.15) is 0 Å². The van der Waals surface area contributed by atoms with Gasteiger partial charge in [-0.15, -0.1) is 0 Å². The van der Waals surface area contributed by atoms with Crippen LogP contribution < -0.4 is 10.6 Å². The molecule has 0 unspecified atom stereocenters. The van der Waals surface area contributed by atoms with Crippen molar-refractivity contribution in [2.75, 3.05) is 24.7 Å². The van der Waals surface area contributed by atoms with E-state index in [4.69, 9.17) is 0 Å². The maximum absolute atomic E-state index is 4.18. The van der Waals surface area contributed by atoms with E-state index < -0.39 is 0 Å². The molecule has 0 aliphatic carbocycles. The van der Waals surface area contributed by atoms with E-state index in [9.17, 15) is 0 Å². The topological polar surface area (TPSA) is 81.4 Å². The van der Waals surface area contributed by atoms with Crippen LogP contribution in [0.5, 0.6) is 0 Å². The van der Waals surface area contributed by atoms with Crippen LogP contribution in [0.1, 0.15) is 0 Å². The van der Waals surface area contributed by atoms with E-state index in [-0.39, 0.29) is 0 Å². The summed E-state index contributed by atoms with van der Waals surface area (Å²) in [6, 6.07) is 9.93. The van der Waals surface area contributed by atoms with Gasteiger partial charge in [0.1, 0.15) is 11.6 Å². The number of H-pyrrole nitrogens is 2. The van der Waals surface area contributed by atoms with Gasteiger partial charge in [0.25, 0.3) is 0 Å². The van der Waals surface area contributed by atoms with Gasteiger partial charge in [0.2, 0.25) is 0 Å². The fourth-order valence-electron chi connectivity index (χ4n) is 2.20. The zero-order chi connectivity index (χ0) is 15.4. The third kappa shape index (κ3) is 2.85. The predicted octanol–water partition coefficient (Wildman–Crippen LogP) is 3.21. The molecule has 4 heterocycles. The van der Waals surface area contributed by atoms with Gasteiger partial charge in [0.05, 0.1) is 22.7 Å². The molecule has 6 nitrogen and oxygen atoms in total. The van der Waals surface area contributed by atoms with Gasteiger partial charge in [-0.25, -0.2) is 0 Å². The highest BCUT2D eigenvalue weighted by molar-refractivity contribution is 5.82. The molecule has 0 aromatic carbocycles. The standard InChI is InChI=1S/2C8H9N3/c1-9-8-4-6-2-3-10-5-7(6)11-8;1-9-8-5-7-6(11-8)3-2-4-10-7/h2*2-5,9,11H,1H3. The van der Waals surface area contributed by atoms with E-state index in [1.54, 1.807) is 12.4 Å². The Morgan fingerprint density at radius 2 is 1.68 bits per heavy atom. The van der Waals surface area contributed by atoms with Crippen molar-refractivity contribution in [2.45, 2.75) is 0 Å². The quantitative estimate of drug-likeness (QED) is 0.457. The lowest BCUT2D eigenvalue weighted by atomic mass is 10.3. The molecule has 0 spiro atoms. The van der Waals surface area contributed by atoms with Crippen LogP contribution >= 0.6 is 0 Å². The largest absolute Gasteiger partial charge is 0.375 e. The minimum absolute atomic E-state index is 0.997. The molecule has 0 aliphatic heterocycles. The molecule has 0 saturated carbocycles. The van der Waals surface area contributed by atoms with Crippen LogP contribution in [0, 0.1) is 0 Å². The Hall–Kier alpha value is -3.02. The zero-order valence-corrected chi connectivity index (χ0v) is 12.5. The van der Waals surface area contributed by atoms with Crippen LogP contribution in [-0.4, -0.2) is 34.0 Å². The molecule has 4 aromatic rings. The summed E-state index contributed by atoms with van der Waals surface area (Å²) < 4.78 is 0. The minimum Gasteiger partial charge on any atom is -0.375 e. The molecule has 0 fully saturated rings. The molecule has 4 aromatic heterocycles. The number of fused-ring (bicyclic) bond motifs is 2. The number of aromatic amines is 2. The third-order valence-electron chi connectivity index (χ3n) is 3.35. The summed E-state index contributed by atoms with van der Waals surface area (Å²) in [6.45, 7) is 0. The number of anilines is 2. The first-order chi connectivity index (χ1) is 10.8. The number of nitrogens with zero attached hydrogens (tertiary/aromatic N) is 2. The van der Waals surface area contributed by atoms with E-state index in [0.29, 0.717) is 0 Å². The Kier molecular flexibility index (Phi) is 3.91. The average Bonchev–Trinajstić information content (AvgIpc) is 3.18. The van der Waals surface area contributed by atoms with Crippen LogP contribution in [0.3, 0.4) is 0 Å². The van der Waals surface area contributed by atoms with Crippen LogP contribution in [0.2, 0.25) is 0 Å². The van der Waals surface area contributed by atoms with E-state index in [2.05, 4.69) is 36.6 Å². The molecular weight excluding hydrogens is 276 g/mol. The Morgan fingerprint density at radius 1 is 0.909 bits per heavy atom. The number of hydrogen-bond acceptors (Lipinski definition) is 4. The minimum atomic E-state index is 0.997. The predicted molar refractivity (Wildman–Crippen MR) is 91.3 cm³/mol. The molecule has 0 radical (unpaired) electrons. The highest BCUT2D eigenvalue weighted by atomic mass is 15.0. The van der Waals surface area contributed by atoms with Crippen molar-refractivity contribution in [1.29, 1.82) is 0 Å². The van der Waals surface area contributed by atoms with E-state index in [1.807, 2.05) is 44.6 Å². The first kappa shape index (κ1) is 13.9. The third-order valence-corrected chi connectivity index (χ3v) is 3.35. The molecule has 22 heavy (non-hydrogen) atoms. The van der Waals surface area contributed by atoms with E-state index in [1.165, 1.54) is 5.39 Å². The molecule has 6 heteroatoms. The van der Waals surface area contributed by atoms with Crippen molar-refractivity contribution in [3.05, 3.63) is 48.9 Å². The molecule has 4 N–H and O–H groups in total. The second-order valence-corrected chi connectivity index (χ2v) is 4.77. The summed E-state index contributed by atoms with van der Waals surface area (Å²) >= 11 is 0. The molecule has 0 aliphatic rings. The normalized spacial score (nSPS) is 10.3. The fraction of sp³-hybridized carbons (Fsp3) is 0.125. The second kappa shape index (κ2) is 6.17. The lowest BCUT2D eigenvalue weighted by molar-refractivity contribution is 1.33. The molecule has 112 valence electrons. The Balaban J connectivity index is 0.000000131. The van der Waals surface area contributed by atoms with E-state index >= 15 is 0 Å². The Labute approximate surface area is 128 Å². The summed E-state index contributed by atoms with van der Waals surface area (Å²) in [6.07, 6.45) is 5.39. The maximum atomic E-state index is 4.18. The van der Waals surface area contributed by atoms with Crippen LogP contribution in [0.25, 0.3) is 21.9 Å². The molecule has 0 saturated heterocycles. The Morgan fingerprint density at radius 3 is 2.41 bits per heavy atom. The van der Waals surface area contributed by atoms with Crippen molar-refractivity contribution < 1.29 is 0 Å². The number of hydrogen-bond donors (Lipinski definition) is 4. The number of aromatic nitrogens is 4. The van der Waals surface area contributed by atoms with Gasteiger partial charge < -0.3 is 20.6 Å². The first-order valence-corrected chi connectivity index (χ1v) is 7.02. The number of nitrogens with one attached hydrogen (secondary N) is 4. The first-order valence-electron chi connectivity index (χ1n) is 7.02. The van der Waals surface area contributed by atoms with Gasteiger partial charge in [0, 0.05) is 37.9 Å². The molecule has 4 rings (SSSR count). The summed E-state index contributed by atoms with van der Waals surface area (Å²) in [5, 5.41) is 7.24. The van der Waals surface area contributed by atoms with Crippen LogP contribution in [0.15, 0.2) is 48.9 Å². The number of rotatable bonds is 2. The van der Waals surface area contributed by atoms with Crippen molar-refractivity contribution >= 4 is 33.6 Å². The van der Waals surface area contributed by atoms with Crippen LogP contribution in [0.4, 0.5) is 11.6 Å². The van der Waals surface area contributed by atoms with Crippen molar-refractivity contribution in [3.63, 3.8) is 0 Å². The summed E-state index contributed by atoms with van der Waals surface area (Å²) in [5.41, 5.74) is 3.13. The van der Waals surface area contributed by atoms with Gasteiger partial charge in [-0.3, -0.25) is 9.97 Å². The molecule has 0 amide bonds. The monoisotopic (exact) mass is 294 g/mol. The van der Waals surface area contributed by atoms with Crippen molar-refractivity contribution in [3.8, 4) is 0 Å². The van der Waals surface area contributed by atoms with E-state index in [0.717, 1.165) is 28.2 Å². The van der Waals surface area contributed by atoms with Crippen molar-refractivity contribution in [1.82, 2.24) is 19.9 Å². The van der Waals surface area contributed by atoms with Gasteiger partial charge in [0.15, 0.2) is 0 Å². The molecule has 0 atom stereocenters. The van der Waals surface area contributed by atoms with Gasteiger partial charge in [-0.05, 0) is 24.3 Å². The Bertz CT molecular complexity index is 736. The highest BCUT2D eigenvalue weighted by Crippen LogP contribution is 2.16. The van der Waals surface area contributed by atoms with Gasteiger partial charge in [-0.1, -0.05) is 0 Å².